The highest BCUT2D eigenvalue weighted by Crippen LogP contribution is 2.43. The largest absolute Gasteiger partial charge is 0.486 e. The number of aliphatic hydroxyl groups is 1. The Kier molecular flexibility index (Phi) is 4.46. The molecule has 5 heteroatoms. The number of nitrogens with zero attached hydrogens (tertiary/aromatic N) is 2. The highest BCUT2D eigenvalue weighted by atomic mass is 16.6. The fourth-order valence-electron chi connectivity index (χ4n) is 4.96. The van der Waals surface area contributed by atoms with E-state index in [0.29, 0.717) is 24.7 Å². The molecule has 2 aromatic carbocycles. The third-order valence-corrected chi connectivity index (χ3v) is 6.42. The Labute approximate surface area is 165 Å². The van der Waals surface area contributed by atoms with Crippen LogP contribution in [0, 0.1) is 11.3 Å². The summed E-state index contributed by atoms with van der Waals surface area (Å²) in [4.78, 5) is 2.42. The summed E-state index contributed by atoms with van der Waals surface area (Å²) in [6.45, 7) is 3.13. The second kappa shape index (κ2) is 7.12. The second-order valence-electron chi connectivity index (χ2n) is 7.92. The van der Waals surface area contributed by atoms with Crippen molar-refractivity contribution >= 4 is 0 Å². The molecule has 2 heterocycles. The minimum atomic E-state index is -0.513. The van der Waals surface area contributed by atoms with E-state index in [0.717, 1.165) is 49.4 Å². The van der Waals surface area contributed by atoms with Gasteiger partial charge in [0.1, 0.15) is 13.2 Å². The van der Waals surface area contributed by atoms with Gasteiger partial charge in [-0.1, -0.05) is 18.2 Å². The molecule has 1 N–H and O–H groups in total. The van der Waals surface area contributed by atoms with Crippen LogP contribution in [0.1, 0.15) is 47.1 Å². The Balaban J connectivity index is 1.29. The first-order valence-corrected chi connectivity index (χ1v) is 10.1. The molecule has 28 heavy (non-hydrogen) atoms. The summed E-state index contributed by atoms with van der Waals surface area (Å²) in [6.07, 6.45) is 2.43. The third-order valence-electron chi connectivity index (χ3n) is 6.42. The molecule has 0 radical (unpaired) electrons. The molecule has 0 saturated carbocycles. The van der Waals surface area contributed by atoms with Gasteiger partial charge in [0.05, 0.1) is 17.7 Å². The van der Waals surface area contributed by atoms with Gasteiger partial charge in [-0.3, -0.25) is 4.90 Å². The van der Waals surface area contributed by atoms with Gasteiger partial charge < -0.3 is 14.6 Å². The van der Waals surface area contributed by atoms with Crippen molar-refractivity contribution in [3.05, 3.63) is 58.7 Å². The van der Waals surface area contributed by atoms with Gasteiger partial charge >= 0.3 is 0 Å². The van der Waals surface area contributed by atoms with E-state index in [1.807, 2.05) is 24.3 Å². The first-order valence-electron chi connectivity index (χ1n) is 10.1. The van der Waals surface area contributed by atoms with E-state index in [9.17, 15) is 5.11 Å². The molecule has 0 spiro atoms. The molecule has 0 unspecified atom stereocenters. The minimum absolute atomic E-state index is 0.106. The molecule has 0 amide bonds. The van der Waals surface area contributed by atoms with Crippen LogP contribution in [0.4, 0.5) is 0 Å². The zero-order chi connectivity index (χ0) is 19.1. The van der Waals surface area contributed by atoms with Crippen molar-refractivity contribution in [3.8, 4) is 17.6 Å². The molecule has 5 rings (SSSR count). The van der Waals surface area contributed by atoms with Crippen LogP contribution in [-0.2, 0) is 6.42 Å². The van der Waals surface area contributed by atoms with Crippen LogP contribution in [0.2, 0.25) is 0 Å². The third kappa shape index (κ3) is 2.94. The summed E-state index contributed by atoms with van der Waals surface area (Å²) in [7, 11) is 0. The molecule has 0 aromatic heterocycles. The molecule has 0 bridgehead atoms. The average Bonchev–Trinajstić information content (AvgIpc) is 3.09. The van der Waals surface area contributed by atoms with E-state index >= 15 is 0 Å². The van der Waals surface area contributed by atoms with Crippen LogP contribution in [0.3, 0.4) is 0 Å². The summed E-state index contributed by atoms with van der Waals surface area (Å²) in [5.41, 5.74) is 3.97. The molecule has 1 fully saturated rings. The lowest BCUT2D eigenvalue weighted by Gasteiger charge is -2.38. The zero-order valence-electron chi connectivity index (χ0n) is 15.8. The SMILES string of the molecule is N#Cc1ccc2c(c1)[C@@H](O)[C@H](N1CCC(c3cccc4c3OCCO4)CC1)C2. The number of hydrogen-bond donors (Lipinski definition) is 1. The maximum atomic E-state index is 10.9. The molecule has 144 valence electrons. The van der Waals surface area contributed by atoms with E-state index in [4.69, 9.17) is 14.7 Å². The standard InChI is InChI=1S/C23H24N2O3/c24-14-15-4-5-17-13-20(22(26)19(17)12-15)25-8-6-16(7-9-25)18-2-1-3-21-23(18)28-11-10-27-21/h1-5,12,16,20,22,26H,6-11,13H2/t20-,22-/m1/s1. The number of benzene rings is 2. The molecule has 2 atom stereocenters. The lowest BCUT2D eigenvalue weighted by atomic mass is 9.87. The predicted molar refractivity (Wildman–Crippen MR) is 105 cm³/mol. The summed E-state index contributed by atoms with van der Waals surface area (Å²) in [5, 5.41) is 20.0. The number of rotatable bonds is 2. The van der Waals surface area contributed by atoms with E-state index in [2.05, 4.69) is 23.1 Å². The zero-order valence-corrected chi connectivity index (χ0v) is 15.8. The lowest BCUT2D eigenvalue weighted by Crippen LogP contribution is -2.43. The van der Waals surface area contributed by atoms with E-state index in [-0.39, 0.29) is 6.04 Å². The van der Waals surface area contributed by atoms with Crippen LogP contribution in [0.15, 0.2) is 36.4 Å². The van der Waals surface area contributed by atoms with Crippen LogP contribution in [0.25, 0.3) is 0 Å². The van der Waals surface area contributed by atoms with Gasteiger partial charge in [0, 0.05) is 11.6 Å². The van der Waals surface area contributed by atoms with Gasteiger partial charge in [0.15, 0.2) is 11.5 Å². The monoisotopic (exact) mass is 376 g/mol. The fraction of sp³-hybridized carbons (Fsp3) is 0.435. The maximum Gasteiger partial charge on any atom is 0.164 e. The van der Waals surface area contributed by atoms with E-state index in [1.165, 1.54) is 11.1 Å². The second-order valence-corrected chi connectivity index (χ2v) is 7.92. The first kappa shape index (κ1) is 17.5. The Morgan fingerprint density at radius 1 is 1.04 bits per heavy atom. The molecule has 1 aliphatic carbocycles. The van der Waals surface area contributed by atoms with Gasteiger partial charge in [-0.05, 0) is 67.6 Å². The van der Waals surface area contributed by atoms with Crippen LogP contribution in [-0.4, -0.2) is 42.4 Å². The number of aliphatic hydroxyl groups excluding tert-OH is 1. The molecule has 1 saturated heterocycles. The molecule has 2 aliphatic heterocycles. The quantitative estimate of drug-likeness (QED) is 0.872. The Morgan fingerprint density at radius 3 is 2.68 bits per heavy atom. The van der Waals surface area contributed by atoms with Crippen molar-refractivity contribution in [1.29, 1.82) is 5.26 Å². The molecule has 2 aromatic rings. The minimum Gasteiger partial charge on any atom is -0.486 e. The highest BCUT2D eigenvalue weighted by Gasteiger charge is 2.37. The Morgan fingerprint density at radius 2 is 1.86 bits per heavy atom. The van der Waals surface area contributed by atoms with Gasteiger partial charge in [0.25, 0.3) is 0 Å². The number of piperidine rings is 1. The molecular formula is C23H24N2O3. The number of fused-ring (bicyclic) bond motifs is 2. The van der Waals surface area contributed by atoms with Crippen molar-refractivity contribution in [2.24, 2.45) is 0 Å². The molecular weight excluding hydrogens is 352 g/mol. The van der Waals surface area contributed by atoms with Crippen LogP contribution in [0.5, 0.6) is 11.5 Å². The maximum absolute atomic E-state index is 10.9. The van der Waals surface area contributed by atoms with Gasteiger partial charge in [-0.15, -0.1) is 0 Å². The highest BCUT2D eigenvalue weighted by molar-refractivity contribution is 5.49. The lowest BCUT2D eigenvalue weighted by molar-refractivity contribution is 0.0454. The predicted octanol–water partition coefficient (Wildman–Crippen LogP) is 3.17. The summed E-state index contributed by atoms with van der Waals surface area (Å²) >= 11 is 0. The molecule has 5 nitrogen and oxygen atoms in total. The fourth-order valence-corrected chi connectivity index (χ4v) is 4.96. The van der Waals surface area contributed by atoms with Crippen molar-refractivity contribution in [2.75, 3.05) is 26.3 Å². The first-order chi connectivity index (χ1) is 13.7. The topological polar surface area (TPSA) is 65.7 Å². The Bertz CT molecular complexity index is 928. The summed E-state index contributed by atoms with van der Waals surface area (Å²) in [5.74, 6) is 2.24. The summed E-state index contributed by atoms with van der Waals surface area (Å²) in [6, 6.07) is 14.2. The van der Waals surface area contributed by atoms with Crippen molar-refractivity contribution < 1.29 is 14.6 Å². The number of hydrogen-bond acceptors (Lipinski definition) is 5. The Hall–Kier alpha value is -2.55. The summed E-state index contributed by atoms with van der Waals surface area (Å²) < 4.78 is 11.6. The van der Waals surface area contributed by atoms with Crippen molar-refractivity contribution in [1.82, 2.24) is 4.90 Å². The number of nitriles is 1. The van der Waals surface area contributed by atoms with E-state index < -0.39 is 6.10 Å². The van der Waals surface area contributed by atoms with Gasteiger partial charge in [-0.2, -0.15) is 5.26 Å². The number of likely N-dealkylation sites (tertiary alicyclic amines) is 1. The number of para-hydroxylation sites is 1. The van der Waals surface area contributed by atoms with Crippen LogP contribution < -0.4 is 9.47 Å². The molecule has 3 aliphatic rings. The van der Waals surface area contributed by atoms with Crippen molar-refractivity contribution in [2.45, 2.75) is 37.3 Å². The normalized spacial score (nSPS) is 24.6. The average molecular weight is 376 g/mol. The van der Waals surface area contributed by atoms with Gasteiger partial charge in [0.2, 0.25) is 0 Å². The number of ether oxygens (including phenoxy) is 2. The smallest absolute Gasteiger partial charge is 0.164 e. The van der Waals surface area contributed by atoms with Gasteiger partial charge in [-0.25, -0.2) is 0 Å². The van der Waals surface area contributed by atoms with Crippen LogP contribution >= 0.6 is 0 Å². The van der Waals surface area contributed by atoms with E-state index in [1.54, 1.807) is 0 Å². The van der Waals surface area contributed by atoms with Crippen molar-refractivity contribution in [3.63, 3.8) is 0 Å².